The molecule has 1 unspecified atom stereocenters. The van der Waals surface area contributed by atoms with Gasteiger partial charge in [0, 0.05) is 5.38 Å². The molecule has 0 aliphatic rings. The minimum Gasteiger partial charge on any atom is -0.476 e. The van der Waals surface area contributed by atoms with Gasteiger partial charge in [-0.2, -0.15) is 8.78 Å². The van der Waals surface area contributed by atoms with E-state index >= 15 is 0 Å². The number of sulfonamides is 1. The molecule has 10 heteroatoms. The lowest BCUT2D eigenvalue weighted by molar-refractivity contribution is 0.0691. The average molecular weight is 286 g/mol. The van der Waals surface area contributed by atoms with Crippen LogP contribution in [0, 0.1) is 0 Å². The summed E-state index contributed by atoms with van der Waals surface area (Å²) in [5.41, 5.74) is -0.256. The van der Waals surface area contributed by atoms with Crippen LogP contribution >= 0.6 is 11.3 Å². The number of nitrogens with one attached hydrogen (secondary N) is 1. The van der Waals surface area contributed by atoms with Crippen LogP contribution < -0.4 is 4.72 Å². The van der Waals surface area contributed by atoms with Gasteiger partial charge in [-0.3, -0.25) is 0 Å². The fraction of sp³-hybridized carbons (Fsp3) is 0.429. The van der Waals surface area contributed by atoms with Crippen LogP contribution in [-0.4, -0.2) is 30.2 Å². The summed E-state index contributed by atoms with van der Waals surface area (Å²) < 4.78 is 47.5. The predicted molar refractivity (Wildman–Crippen MR) is 55.5 cm³/mol. The van der Waals surface area contributed by atoms with Gasteiger partial charge in [-0.05, 0) is 6.92 Å². The topological polar surface area (TPSA) is 96.4 Å². The molecule has 0 spiro atoms. The largest absolute Gasteiger partial charge is 0.476 e. The number of halogens is 2. The maximum absolute atomic E-state index is 12.1. The highest BCUT2D eigenvalue weighted by molar-refractivity contribution is 7.89. The molecule has 0 aromatic carbocycles. The molecule has 0 saturated carbocycles. The van der Waals surface area contributed by atoms with Crippen molar-refractivity contribution >= 4 is 27.3 Å². The van der Waals surface area contributed by atoms with Crippen LogP contribution in [0.5, 0.6) is 0 Å². The number of hydrogen-bond donors (Lipinski definition) is 2. The van der Waals surface area contributed by atoms with Gasteiger partial charge in [0.2, 0.25) is 0 Å². The molecule has 1 aromatic rings. The van der Waals surface area contributed by atoms with Crippen LogP contribution in [0.15, 0.2) is 5.38 Å². The van der Waals surface area contributed by atoms with Gasteiger partial charge in [0.1, 0.15) is 5.01 Å². The van der Waals surface area contributed by atoms with Crippen molar-refractivity contribution in [3.63, 3.8) is 0 Å². The number of hydrogen-bond acceptors (Lipinski definition) is 5. The number of aromatic nitrogens is 1. The van der Waals surface area contributed by atoms with Gasteiger partial charge in [-0.15, -0.1) is 11.3 Å². The molecule has 0 aliphatic heterocycles. The molecule has 0 fully saturated rings. The molecule has 6 nitrogen and oxygen atoms in total. The van der Waals surface area contributed by atoms with E-state index in [1.165, 1.54) is 12.3 Å². The van der Waals surface area contributed by atoms with E-state index < -0.39 is 27.8 Å². The number of carboxylic acids is 1. The lowest BCUT2D eigenvalue weighted by Crippen LogP contribution is -2.31. The molecule has 0 aliphatic carbocycles. The van der Waals surface area contributed by atoms with Gasteiger partial charge in [0.15, 0.2) is 5.69 Å². The van der Waals surface area contributed by atoms with Gasteiger partial charge in [0.05, 0.1) is 6.04 Å². The summed E-state index contributed by atoms with van der Waals surface area (Å²) in [5.74, 6) is -4.81. The van der Waals surface area contributed by atoms with Crippen molar-refractivity contribution in [3.8, 4) is 0 Å². The molecular formula is C7H8F2N2O4S2. The standard InChI is InChI=1S/C7H8F2N2O4S2/c1-3(11-17(14,15)7(8)9)5-10-4(2-16-5)6(12)13/h2-3,7,11H,1H3,(H,12,13). The Morgan fingerprint density at radius 1 is 1.59 bits per heavy atom. The summed E-state index contributed by atoms with van der Waals surface area (Å²) >= 11 is 0.875. The predicted octanol–water partition coefficient (Wildman–Crippen LogP) is 1.04. The number of nitrogens with zero attached hydrogens (tertiary/aromatic N) is 1. The molecule has 2 N–H and O–H groups in total. The molecule has 0 radical (unpaired) electrons. The highest BCUT2D eigenvalue weighted by Crippen LogP contribution is 2.19. The lowest BCUT2D eigenvalue weighted by Gasteiger charge is -2.10. The van der Waals surface area contributed by atoms with Gasteiger partial charge >= 0.3 is 11.7 Å². The van der Waals surface area contributed by atoms with E-state index in [9.17, 15) is 22.0 Å². The summed E-state index contributed by atoms with van der Waals surface area (Å²) in [7, 11) is -4.72. The van der Waals surface area contributed by atoms with Crippen molar-refractivity contribution < 1.29 is 27.1 Å². The summed E-state index contributed by atoms with van der Waals surface area (Å²) in [4.78, 5) is 14.1. The number of rotatable bonds is 5. The maximum atomic E-state index is 12.1. The minimum atomic E-state index is -4.72. The zero-order valence-corrected chi connectivity index (χ0v) is 10.1. The first-order chi connectivity index (χ1) is 7.74. The third kappa shape index (κ3) is 3.41. The number of carbonyl (C=O) groups is 1. The SMILES string of the molecule is CC(NS(=O)(=O)C(F)F)c1nc(C(=O)O)cs1. The molecule has 96 valence electrons. The zero-order chi connectivity index (χ0) is 13.2. The summed E-state index contributed by atoms with van der Waals surface area (Å²) in [6.07, 6.45) is 0. The van der Waals surface area contributed by atoms with Crippen LogP contribution in [-0.2, 0) is 10.0 Å². The smallest absolute Gasteiger partial charge is 0.355 e. The number of thiazole rings is 1. The zero-order valence-electron chi connectivity index (χ0n) is 8.42. The third-order valence-electron chi connectivity index (χ3n) is 1.69. The number of carboxylic acid groups (broad SMARTS) is 1. The van der Waals surface area contributed by atoms with E-state index in [2.05, 4.69) is 4.98 Å². The summed E-state index contributed by atoms with van der Waals surface area (Å²) in [6.45, 7) is 1.30. The van der Waals surface area contributed by atoms with Crippen LogP contribution in [0.25, 0.3) is 0 Å². The Balaban J connectivity index is 2.83. The Labute approximate surface area is 99.3 Å². The first-order valence-electron chi connectivity index (χ1n) is 4.22. The van der Waals surface area contributed by atoms with Gasteiger partial charge in [0.25, 0.3) is 10.0 Å². The van der Waals surface area contributed by atoms with E-state index in [4.69, 9.17) is 5.11 Å². The van der Waals surface area contributed by atoms with Crippen molar-refractivity contribution in [2.24, 2.45) is 0 Å². The van der Waals surface area contributed by atoms with Crippen LogP contribution in [0.1, 0.15) is 28.5 Å². The second-order valence-corrected chi connectivity index (χ2v) is 5.59. The number of aromatic carboxylic acids is 1. The Hall–Kier alpha value is -1.13. The average Bonchev–Trinajstić information content (AvgIpc) is 2.65. The third-order valence-corrected chi connectivity index (χ3v) is 3.87. The molecule has 1 atom stereocenters. The minimum absolute atomic E-state index is 0.103. The van der Waals surface area contributed by atoms with Crippen LogP contribution in [0.3, 0.4) is 0 Å². The highest BCUT2D eigenvalue weighted by Gasteiger charge is 2.27. The van der Waals surface area contributed by atoms with Crippen molar-refractivity contribution in [2.75, 3.05) is 0 Å². The lowest BCUT2D eigenvalue weighted by atomic mass is 10.4. The summed E-state index contributed by atoms with van der Waals surface area (Å²) in [6, 6.07) is -1.01. The second kappa shape index (κ2) is 5.02. The van der Waals surface area contributed by atoms with Crippen molar-refractivity contribution in [1.29, 1.82) is 0 Å². The molecule has 1 heterocycles. The van der Waals surface area contributed by atoms with Crippen molar-refractivity contribution in [1.82, 2.24) is 9.71 Å². The molecule has 0 saturated heterocycles. The Kier molecular flexibility index (Phi) is 4.11. The monoisotopic (exact) mass is 286 g/mol. The fourth-order valence-electron chi connectivity index (χ4n) is 0.933. The Bertz CT molecular complexity index is 514. The van der Waals surface area contributed by atoms with Crippen LogP contribution in [0.2, 0.25) is 0 Å². The quantitative estimate of drug-likeness (QED) is 0.843. The first-order valence-corrected chi connectivity index (χ1v) is 6.64. The molecule has 0 bridgehead atoms. The Morgan fingerprint density at radius 2 is 2.18 bits per heavy atom. The molecule has 17 heavy (non-hydrogen) atoms. The Morgan fingerprint density at radius 3 is 2.59 bits per heavy atom. The maximum Gasteiger partial charge on any atom is 0.355 e. The molecule has 1 rings (SSSR count). The van der Waals surface area contributed by atoms with Crippen molar-refractivity contribution in [3.05, 3.63) is 16.1 Å². The van der Waals surface area contributed by atoms with Crippen LogP contribution in [0.4, 0.5) is 8.78 Å². The second-order valence-electron chi connectivity index (χ2n) is 3.02. The van der Waals surface area contributed by atoms with E-state index in [-0.39, 0.29) is 10.7 Å². The van der Waals surface area contributed by atoms with E-state index in [0.29, 0.717) is 0 Å². The molecule has 0 amide bonds. The van der Waals surface area contributed by atoms with Gasteiger partial charge in [-0.25, -0.2) is 22.9 Å². The normalized spacial score (nSPS) is 13.9. The van der Waals surface area contributed by atoms with Gasteiger partial charge in [-0.1, -0.05) is 0 Å². The fourth-order valence-corrected chi connectivity index (χ4v) is 2.51. The highest BCUT2D eigenvalue weighted by atomic mass is 32.2. The number of alkyl halides is 2. The molecule has 1 aromatic heterocycles. The summed E-state index contributed by atoms with van der Waals surface area (Å²) in [5, 5.41) is 9.89. The van der Waals surface area contributed by atoms with E-state index in [1.807, 2.05) is 0 Å². The van der Waals surface area contributed by atoms with Crippen molar-refractivity contribution in [2.45, 2.75) is 18.7 Å². The first kappa shape index (κ1) is 13.9. The van der Waals surface area contributed by atoms with E-state index in [0.717, 1.165) is 11.3 Å². The van der Waals surface area contributed by atoms with Gasteiger partial charge < -0.3 is 5.11 Å². The van der Waals surface area contributed by atoms with E-state index in [1.54, 1.807) is 4.72 Å². The molecular weight excluding hydrogens is 278 g/mol.